The molecule has 1 fully saturated rings. The number of nitrogens with two attached hydrogens (primary N) is 1. The Morgan fingerprint density at radius 1 is 1.50 bits per heavy atom. The third-order valence-corrected chi connectivity index (χ3v) is 5.94. The minimum absolute atomic E-state index is 0.110. The smallest absolute Gasteiger partial charge is 0.351 e. The van der Waals surface area contributed by atoms with Gasteiger partial charge in [-0.1, -0.05) is 33.5 Å². The molecule has 0 spiro atoms. The van der Waals surface area contributed by atoms with E-state index >= 15 is 0 Å². The first kappa shape index (κ1) is 19.0. The van der Waals surface area contributed by atoms with E-state index in [4.69, 9.17) is 22.1 Å². The monoisotopic (exact) mass is 367 g/mol. The molecule has 1 saturated heterocycles. The molecule has 0 amide bonds. The van der Waals surface area contributed by atoms with Crippen LogP contribution >= 0.6 is 11.6 Å². The molecule has 5 nitrogen and oxygen atoms in total. The number of anilines is 1. The molecule has 4 atom stereocenters. The van der Waals surface area contributed by atoms with Crippen molar-refractivity contribution in [2.45, 2.75) is 51.7 Å². The molecule has 0 unspecified atom stereocenters. The molecule has 1 aliphatic rings. The van der Waals surface area contributed by atoms with Crippen molar-refractivity contribution in [2.75, 3.05) is 11.6 Å². The summed E-state index contributed by atoms with van der Waals surface area (Å²) in [5.41, 5.74) is 8.10. The van der Waals surface area contributed by atoms with E-state index < -0.39 is 25.6 Å². The van der Waals surface area contributed by atoms with Crippen LogP contribution in [-0.4, -0.2) is 29.1 Å². The average Bonchev–Trinajstić information content (AvgIpc) is 2.77. The van der Waals surface area contributed by atoms with Gasteiger partial charge in [0.2, 0.25) is 0 Å². The van der Waals surface area contributed by atoms with Crippen molar-refractivity contribution in [3.05, 3.63) is 22.7 Å². The van der Waals surface area contributed by atoms with Crippen molar-refractivity contribution in [1.82, 2.24) is 9.55 Å². The zero-order valence-electron chi connectivity index (χ0n) is 15.0. The van der Waals surface area contributed by atoms with E-state index in [1.165, 1.54) is 4.57 Å². The fourth-order valence-corrected chi connectivity index (χ4v) is 4.09. The fraction of sp³-hybridized carbons (Fsp3) is 0.647. The zero-order chi connectivity index (χ0) is 18.1. The summed E-state index contributed by atoms with van der Waals surface area (Å²) in [7, 11) is -1.55. The van der Waals surface area contributed by atoms with Gasteiger partial charge in [-0.25, -0.2) is 4.79 Å². The second kappa shape index (κ2) is 6.91. The van der Waals surface area contributed by atoms with E-state index in [1.54, 1.807) is 12.3 Å². The van der Waals surface area contributed by atoms with Gasteiger partial charge in [-0.15, -0.1) is 23.1 Å². The van der Waals surface area contributed by atoms with Gasteiger partial charge in [0.25, 0.3) is 0 Å². The summed E-state index contributed by atoms with van der Waals surface area (Å²) >= 11 is 6.25. The van der Waals surface area contributed by atoms with Crippen LogP contribution in [-0.2, 0) is 4.74 Å². The quantitative estimate of drug-likeness (QED) is 0.506. The second-order valence-electron chi connectivity index (χ2n) is 7.44. The molecule has 0 aromatic carbocycles. The van der Waals surface area contributed by atoms with E-state index in [-0.39, 0.29) is 17.7 Å². The van der Waals surface area contributed by atoms with Crippen LogP contribution in [0.3, 0.4) is 0 Å². The molecule has 132 valence electrons. The van der Waals surface area contributed by atoms with Crippen LogP contribution in [0.4, 0.5) is 5.82 Å². The summed E-state index contributed by atoms with van der Waals surface area (Å²) in [5, 5.41) is 0. The van der Waals surface area contributed by atoms with Crippen molar-refractivity contribution >= 4 is 25.5 Å². The third-order valence-electron chi connectivity index (χ3n) is 4.60. The molecule has 1 aliphatic heterocycles. The lowest BCUT2D eigenvalue weighted by Crippen LogP contribution is -2.37. The summed E-state index contributed by atoms with van der Waals surface area (Å²) in [4.78, 5) is 16.1. The van der Waals surface area contributed by atoms with Gasteiger partial charge in [0.1, 0.15) is 13.9 Å². The van der Waals surface area contributed by atoms with Gasteiger partial charge in [0.15, 0.2) is 6.23 Å². The maximum absolute atomic E-state index is 12.3. The number of alkyl halides is 1. The largest absolute Gasteiger partial charge is 0.383 e. The Bertz CT molecular complexity index is 713. The van der Waals surface area contributed by atoms with Gasteiger partial charge < -0.3 is 10.5 Å². The van der Waals surface area contributed by atoms with E-state index in [2.05, 4.69) is 43.0 Å². The van der Waals surface area contributed by atoms with E-state index in [0.29, 0.717) is 5.88 Å². The molecule has 2 heterocycles. The maximum Gasteiger partial charge on any atom is 0.351 e. The van der Waals surface area contributed by atoms with Crippen LogP contribution in [0.2, 0.25) is 19.6 Å². The maximum atomic E-state index is 12.3. The van der Waals surface area contributed by atoms with Gasteiger partial charge in [-0.2, -0.15) is 4.98 Å². The first-order valence-electron chi connectivity index (χ1n) is 8.24. The molecule has 0 aliphatic carbocycles. The summed E-state index contributed by atoms with van der Waals surface area (Å²) < 4.78 is 7.79. The normalized spacial score (nSPS) is 30.0. The molecule has 1 aromatic rings. The highest BCUT2D eigenvalue weighted by atomic mass is 35.5. The summed E-state index contributed by atoms with van der Waals surface area (Å²) in [6, 6.07) is 1.60. The SMILES string of the molecule is CC[C@@]1(CCl)O[C@@H](n2ccc(N)nc2=O)[C@@H](C#C[Si](C)(C)C)[C@@H]1C. The second-order valence-corrected chi connectivity index (χ2v) is 12.5. The summed E-state index contributed by atoms with van der Waals surface area (Å²) in [5.74, 6) is 3.96. The Morgan fingerprint density at radius 3 is 2.67 bits per heavy atom. The van der Waals surface area contributed by atoms with Gasteiger partial charge in [0, 0.05) is 12.1 Å². The van der Waals surface area contributed by atoms with Gasteiger partial charge in [0.05, 0.1) is 17.4 Å². The van der Waals surface area contributed by atoms with Crippen molar-refractivity contribution in [1.29, 1.82) is 0 Å². The number of ether oxygens (including phenoxy) is 1. The van der Waals surface area contributed by atoms with Crippen LogP contribution in [0.15, 0.2) is 17.1 Å². The van der Waals surface area contributed by atoms with Crippen molar-refractivity contribution in [3.8, 4) is 11.5 Å². The molecular weight excluding hydrogens is 342 g/mol. The van der Waals surface area contributed by atoms with E-state index in [1.807, 2.05) is 6.92 Å². The van der Waals surface area contributed by atoms with Crippen LogP contribution in [0, 0.1) is 23.3 Å². The number of aromatic nitrogens is 2. The lowest BCUT2D eigenvalue weighted by atomic mass is 9.81. The predicted molar refractivity (Wildman–Crippen MR) is 101 cm³/mol. The molecule has 0 saturated carbocycles. The Hall–Kier alpha value is -1.29. The third kappa shape index (κ3) is 3.69. The minimum Gasteiger partial charge on any atom is -0.383 e. The van der Waals surface area contributed by atoms with Crippen LogP contribution in [0.25, 0.3) is 0 Å². The minimum atomic E-state index is -1.55. The number of nitrogens with zero attached hydrogens (tertiary/aromatic N) is 2. The van der Waals surface area contributed by atoms with E-state index in [0.717, 1.165) is 6.42 Å². The van der Waals surface area contributed by atoms with Crippen molar-refractivity contribution in [2.24, 2.45) is 11.8 Å². The molecule has 0 radical (unpaired) electrons. The Labute approximate surface area is 149 Å². The Balaban J connectivity index is 2.52. The topological polar surface area (TPSA) is 70.1 Å². The Morgan fingerprint density at radius 2 is 2.17 bits per heavy atom. The molecule has 7 heteroatoms. The van der Waals surface area contributed by atoms with Gasteiger partial charge in [-0.3, -0.25) is 4.57 Å². The van der Waals surface area contributed by atoms with Crippen LogP contribution < -0.4 is 11.4 Å². The first-order valence-corrected chi connectivity index (χ1v) is 12.3. The molecule has 0 bridgehead atoms. The Kier molecular flexibility index (Phi) is 5.48. The van der Waals surface area contributed by atoms with E-state index in [9.17, 15) is 4.79 Å². The van der Waals surface area contributed by atoms with Crippen LogP contribution in [0.5, 0.6) is 0 Å². The molecule has 2 N–H and O–H groups in total. The first-order chi connectivity index (χ1) is 11.1. The highest BCUT2D eigenvalue weighted by molar-refractivity contribution is 6.83. The lowest BCUT2D eigenvalue weighted by molar-refractivity contribution is -0.0750. The number of rotatable bonds is 3. The molecular formula is C17H26ClN3O2Si. The van der Waals surface area contributed by atoms with Crippen molar-refractivity contribution < 1.29 is 4.74 Å². The number of hydrogen-bond acceptors (Lipinski definition) is 4. The molecule has 2 rings (SSSR count). The van der Waals surface area contributed by atoms with Crippen molar-refractivity contribution in [3.63, 3.8) is 0 Å². The fourth-order valence-electron chi connectivity index (χ4n) is 2.99. The van der Waals surface area contributed by atoms with Gasteiger partial charge in [-0.05, 0) is 12.5 Å². The molecule has 24 heavy (non-hydrogen) atoms. The van der Waals surface area contributed by atoms with Gasteiger partial charge >= 0.3 is 5.69 Å². The summed E-state index contributed by atoms with van der Waals surface area (Å²) in [6.07, 6.45) is 1.89. The highest BCUT2D eigenvalue weighted by Gasteiger charge is 2.51. The molecule has 1 aromatic heterocycles. The highest BCUT2D eigenvalue weighted by Crippen LogP contribution is 2.47. The lowest BCUT2D eigenvalue weighted by Gasteiger charge is -2.29. The number of halogens is 1. The van der Waals surface area contributed by atoms with Crippen LogP contribution in [0.1, 0.15) is 26.5 Å². The average molecular weight is 368 g/mol. The number of hydrogen-bond donors (Lipinski definition) is 1. The zero-order valence-corrected chi connectivity index (χ0v) is 16.7. The predicted octanol–water partition coefficient (Wildman–Crippen LogP) is 2.88. The number of nitrogen functional groups attached to an aromatic ring is 1. The summed E-state index contributed by atoms with van der Waals surface area (Å²) in [6.45, 7) is 10.7. The standard InChI is InChI=1S/C17H26ClN3O2Si/c1-6-17(11-18)12(2)13(8-10-24(3,4)5)15(23-17)21-9-7-14(19)20-16(21)22/h7,9,12-13,15H,6,11H2,1-5H3,(H2,19,20,22)/t12-,13-,15+,17-/m0/s1.